The van der Waals surface area contributed by atoms with Crippen LogP contribution < -0.4 is 5.73 Å². The molecule has 0 aliphatic rings. The summed E-state index contributed by atoms with van der Waals surface area (Å²) < 4.78 is 7.52. The summed E-state index contributed by atoms with van der Waals surface area (Å²) in [6.07, 6.45) is 0. The van der Waals surface area contributed by atoms with E-state index in [1.165, 1.54) is 0 Å². The third-order valence-electron chi connectivity index (χ3n) is 2.65. The number of benzene rings is 1. The van der Waals surface area contributed by atoms with Crippen molar-refractivity contribution in [1.29, 1.82) is 0 Å². The molecule has 5 heteroatoms. The van der Waals surface area contributed by atoms with Gasteiger partial charge in [-0.15, -0.1) is 0 Å². The van der Waals surface area contributed by atoms with Gasteiger partial charge in [-0.1, -0.05) is 25.4 Å². The number of anilines is 1. The molecule has 98 valence electrons. The summed E-state index contributed by atoms with van der Waals surface area (Å²) in [4.78, 5) is 4.29. The molecule has 0 saturated heterocycles. The molecule has 2 aromatic rings. The monoisotopic (exact) mass is 267 g/mol. The van der Waals surface area contributed by atoms with Crippen molar-refractivity contribution in [3.8, 4) is 0 Å². The Bertz CT molecular complexity index is 536. The number of aromatic nitrogens is 2. The third kappa shape index (κ3) is 2.94. The number of hydrogen-bond acceptors (Lipinski definition) is 3. The number of halogens is 1. The maximum Gasteiger partial charge on any atom is 0.201 e. The zero-order valence-corrected chi connectivity index (χ0v) is 11.4. The van der Waals surface area contributed by atoms with E-state index in [-0.39, 0.29) is 0 Å². The van der Waals surface area contributed by atoms with Crippen molar-refractivity contribution in [2.45, 2.75) is 20.4 Å². The Balaban J connectivity index is 2.10. The average molecular weight is 268 g/mol. The fourth-order valence-electron chi connectivity index (χ4n) is 1.83. The van der Waals surface area contributed by atoms with Gasteiger partial charge in [-0.2, -0.15) is 0 Å². The van der Waals surface area contributed by atoms with Crippen molar-refractivity contribution in [1.82, 2.24) is 9.55 Å². The molecule has 0 aliphatic heterocycles. The molecule has 2 rings (SSSR count). The van der Waals surface area contributed by atoms with Crippen LogP contribution in [0.25, 0.3) is 11.0 Å². The minimum absolute atomic E-state index is 0.500. The maximum absolute atomic E-state index is 5.93. The second kappa shape index (κ2) is 5.59. The fourth-order valence-corrected chi connectivity index (χ4v) is 2.00. The van der Waals surface area contributed by atoms with Crippen LogP contribution in [0.3, 0.4) is 0 Å². The Morgan fingerprint density at radius 3 is 2.94 bits per heavy atom. The third-order valence-corrected chi connectivity index (χ3v) is 2.89. The summed E-state index contributed by atoms with van der Waals surface area (Å²) in [6.45, 7) is 6.36. The van der Waals surface area contributed by atoms with Crippen LogP contribution in [-0.2, 0) is 11.3 Å². The van der Waals surface area contributed by atoms with E-state index in [1.807, 2.05) is 22.8 Å². The van der Waals surface area contributed by atoms with Gasteiger partial charge >= 0.3 is 0 Å². The van der Waals surface area contributed by atoms with Crippen LogP contribution in [0, 0.1) is 5.92 Å². The normalized spacial score (nSPS) is 11.6. The number of hydrogen-bond donors (Lipinski definition) is 1. The van der Waals surface area contributed by atoms with Crippen LogP contribution >= 0.6 is 11.6 Å². The summed E-state index contributed by atoms with van der Waals surface area (Å²) in [6, 6.07) is 5.60. The van der Waals surface area contributed by atoms with Gasteiger partial charge in [0.05, 0.1) is 17.6 Å². The first-order valence-corrected chi connectivity index (χ1v) is 6.44. The minimum Gasteiger partial charge on any atom is -0.379 e. The Labute approximate surface area is 112 Å². The Hall–Kier alpha value is -1.26. The highest BCUT2D eigenvalue weighted by atomic mass is 35.5. The average Bonchev–Trinajstić information content (AvgIpc) is 2.59. The van der Waals surface area contributed by atoms with Crippen molar-refractivity contribution in [2.24, 2.45) is 5.92 Å². The molecule has 0 radical (unpaired) electrons. The lowest BCUT2D eigenvalue weighted by atomic mass is 10.2. The summed E-state index contributed by atoms with van der Waals surface area (Å²) in [5.74, 6) is 1.04. The number of imidazole rings is 1. The maximum atomic E-state index is 5.93. The Morgan fingerprint density at radius 1 is 1.44 bits per heavy atom. The molecule has 0 aliphatic carbocycles. The lowest BCUT2D eigenvalue weighted by molar-refractivity contribution is 0.104. The van der Waals surface area contributed by atoms with E-state index in [9.17, 15) is 0 Å². The van der Waals surface area contributed by atoms with Crippen LogP contribution in [0.15, 0.2) is 18.2 Å². The molecule has 4 nitrogen and oxygen atoms in total. The second-order valence-corrected chi connectivity index (χ2v) is 5.16. The van der Waals surface area contributed by atoms with Crippen molar-refractivity contribution in [3.05, 3.63) is 23.2 Å². The molecule has 0 atom stereocenters. The predicted octanol–water partition coefficient (Wildman–Crippen LogP) is 2.94. The number of rotatable bonds is 5. The van der Waals surface area contributed by atoms with Crippen LogP contribution in [-0.4, -0.2) is 22.8 Å². The number of ether oxygens (including phenoxy) is 1. The van der Waals surface area contributed by atoms with E-state index in [4.69, 9.17) is 22.1 Å². The van der Waals surface area contributed by atoms with Crippen LogP contribution in [0.1, 0.15) is 13.8 Å². The van der Waals surface area contributed by atoms with Gasteiger partial charge in [0.15, 0.2) is 0 Å². The van der Waals surface area contributed by atoms with Gasteiger partial charge in [-0.05, 0) is 24.1 Å². The van der Waals surface area contributed by atoms with E-state index in [0.717, 1.165) is 17.6 Å². The number of fused-ring (bicyclic) bond motifs is 1. The minimum atomic E-state index is 0.500. The molecule has 2 N–H and O–H groups in total. The fraction of sp³-hybridized carbons (Fsp3) is 0.462. The Kier molecular flexibility index (Phi) is 4.09. The first kappa shape index (κ1) is 13.2. The number of nitrogens with two attached hydrogens (primary N) is 1. The molecule has 0 amide bonds. The highest BCUT2D eigenvalue weighted by Gasteiger charge is 2.08. The standard InChI is InChI=1S/C13H18ClN3O/c1-9(2)8-18-6-5-17-12-4-3-10(14)7-11(12)16-13(17)15/h3-4,7,9H,5-6,8H2,1-2H3,(H2,15,16). The molecule has 0 unspecified atom stereocenters. The molecular weight excluding hydrogens is 250 g/mol. The van der Waals surface area contributed by atoms with Gasteiger partial charge in [0.25, 0.3) is 0 Å². The van der Waals surface area contributed by atoms with Gasteiger partial charge in [0, 0.05) is 18.2 Å². The molecule has 0 fully saturated rings. The van der Waals surface area contributed by atoms with Crippen molar-refractivity contribution >= 4 is 28.6 Å². The zero-order chi connectivity index (χ0) is 13.1. The predicted molar refractivity (Wildman–Crippen MR) is 74.8 cm³/mol. The highest BCUT2D eigenvalue weighted by Crippen LogP contribution is 2.21. The molecule has 1 heterocycles. The summed E-state index contributed by atoms with van der Waals surface area (Å²) in [7, 11) is 0. The summed E-state index contributed by atoms with van der Waals surface area (Å²) >= 11 is 5.93. The zero-order valence-electron chi connectivity index (χ0n) is 10.7. The molecule has 18 heavy (non-hydrogen) atoms. The van der Waals surface area contributed by atoms with E-state index in [2.05, 4.69) is 18.8 Å². The van der Waals surface area contributed by atoms with E-state index in [1.54, 1.807) is 0 Å². The number of nitrogens with zero attached hydrogens (tertiary/aromatic N) is 2. The molecule has 1 aromatic carbocycles. The van der Waals surface area contributed by atoms with E-state index < -0.39 is 0 Å². The van der Waals surface area contributed by atoms with Crippen LogP contribution in [0.4, 0.5) is 5.95 Å². The quantitative estimate of drug-likeness (QED) is 0.848. The summed E-state index contributed by atoms with van der Waals surface area (Å²) in [5, 5.41) is 0.670. The molecule has 0 spiro atoms. The van der Waals surface area contributed by atoms with Crippen molar-refractivity contribution in [3.63, 3.8) is 0 Å². The van der Waals surface area contributed by atoms with Crippen molar-refractivity contribution in [2.75, 3.05) is 18.9 Å². The molecular formula is C13H18ClN3O. The topological polar surface area (TPSA) is 53.1 Å². The molecule has 0 bridgehead atoms. The first-order valence-electron chi connectivity index (χ1n) is 6.07. The largest absolute Gasteiger partial charge is 0.379 e. The lowest BCUT2D eigenvalue weighted by Gasteiger charge is -2.09. The van der Waals surface area contributed by atoms with Crippen LogP contribution in [0.5, 0.6) is 0 Å². The smallest absolute Gasteiger partial charge is 0.201 e. The van der Waals surface area contributed by atoms with Gasteiger partial charge in [0.1, 0.15) is 0 Å². The first-order chi connectivity index (χ1) is 8.58. The van der Waals surface area contributed by atoms with Gasteiger partial charge in [-0.25, -0.2) is 4.98 Å². The van der Waals surface area contributed by atoms with Crippen molar-refractivity contribution < 1.29 is 4.74 Å². The molecule has 0 saturated carbocycles. The van der Waals surface area contributed by atoms with E-state index in [0.29, 0.717) is 30.0 Å². The number of nitrogen functional groups attached to an aromatic ring is 1. The van der Waals surface area contributed by atoms with Gasteiger partial charge in [0.2, 0.25) is 5.95 Å². The van der Waals surface area contributed by atoms with Gasteiger partial charge in [-0.3, -0.25) is 0 Å². The van der Waals surface area contributed by atoms with E-state index >= 15 is 0 Å². The molecule has 1 aromatic heterocycles. The lowest BCUT2D eigenvalue weighted by Crippen LogP contribution is -2.11. The SMILES string of the molecule is CC(C)COCCn1c(N)nc2cc(Cl)ccc21. The summed E-state index contributed by atoms with van der Waals surface area (Å²) in [5.41, 5.74) is 7.71. The Morgan fingerprint density at radius 2 is 2.22 bits per heavy atom. The second-order valence-electron chi connectivity index (χ2n) is 4.72. The van der Waals surface area contributed by atoms with Gasteiger partial charge < -0.3 is 15.0 Å². The highest BCUT2D eigenvalue weighted by molar-refractivity contribution is 6.31. The van der Waals surface area contributed by atoms with Crippen LogP contribution in [0.2, 0.25) is 5.02 Å².